The van der Waals surface area contributed by atoms with Gasteiger partial charge in [-0.15, -0.1) is 0 Å². The van der Waals surface area contributed by atoms with Crippen LogP contribution in [-0.4, -0.2) is 73.3 Å². The molecule has 11 heteroatoms. The first-order chi connectivity index (χ1) is 27.7. The van der Waals surface area contributed by atoms with E-state index in [1.165, 1.54) is 57.4 Å². The Morgan fingerprint density at radius 3 is 1.58 bits per heavy atom. The maximum absolute atomic E-state index is 5.99. The van der Waals surface area contributed by atoms with Crippen LogP contribution in [0.4, 0.5) is 17.3 Å². The SMILES string of the molecule is CN1CCC(COc2ccc(Br)cc2)CC1.CN1CCC(COc2ccc(NCc3ccc4c(N)nccc4c3)cc2)CC1.NCc1ccc2c(N)nccc2c1. The van der Waals surface area contributed by atoms with E-state index in [9.17, 15) is 0 Å². The van der Waals surface area contributed by atoms with Crippen molar-refractivity contribution in [1.82, 2.24) is 19.8 Å². The molecule has 0 radical (unpaired) electrons. The monoisotopic (exact) mass is 832 g/mol. The summed E-state index contributed by atoms with van der Waals surface area (Å²) in [6.45, 7) is 7.74. The van der Waals surface area contributed by atoms with Gasteiger partial charge in [-0.05, 0) is 172 Å². The number of aromatic nitrogens is 2. The highest BCUT2D eigenvalue weighted by atomic mass is 79.9. The largest absolute Gasteiger partial charge is 0.493 e. The molecule has 4 aromatic carbocycles. The summed E-state index contributed by atoms with van der Waals surface area (Å²) >= 11 is 3.42. The number of nitrogen functional groups attached to an aromatic ring is 2. The van der Waals surface area contributed by atoms with Crippen LogP contribution in [0.25, 0.3) is 21.5 Å². The third-order valence-electron chi connectivity index (χ3n) is 10.8. The zero-order valence-corrected chi connectivity index (χ0v) is 34.8. The lowest BCUT2D eigenvalue weighted by Crippen LogP contribution is -2.32. The Labute approximate surface area is 345 Å². The first kappa shape index (κ1) is 41.7. The molecule has 300 valence electrons. The van der Waals surface area contributed by atoms with Gasteiger partial charge in [0.25, 0.3) is 0 Å². The topological polar surface area (TPSA) is 141 Å². The molecular formula is C46H57BrN8O2. The Balaban J connectivity index is 0.000000160. The molecule has 10 nitrogen and oxygen atoms in total. The minimum Gasteiger partial charge on any atom is -0.493 e. The predicted molar refractivity (Wildman–Crippen MR) is 240 cm³/mol. The number of nitrogens with two attached hydrogens (primary N) is 3. The fraction of sp³-hybridized carbons (Fsp3) is 0.348. The molecule has 57 heavy (non-hydrogen) atoms. The van der Waals surface area contributed by atoms with Gasteiger partial charge in [-0.2, -0.15) is 0 Å². The maximum atomic E-state index is 5.99. The van der Waals surface area contributed by atoms with Crippen molar-refractivity contribution in [3.05, 3.63) is 125 Å². The minimum absolute atomic E-state index is 0.554. The van der Waals surface area contributed by atoms with E-state index in [1.807, 2.05) is 72.8 Å². The molecule has 8 rings (SSSR count). The molecule has 2 aliphatic rings. The van der Waals surface area contributed by atoms with Crippen LogP contribution >= 0.6 is 15.9 Å². The number of pyridine rings is 2. The number of halogens is 1. The lowest BCUT2D eigenvalue weighted by atomic mass is 9.98. The van der Waals surface area contributed by atoms with E-state index in [0.29, 0.717) is 24.1 Å². The molecule has 4 heterocycles. The molecular weight excluding hydrogens is 776 g/mol. The van der Waals surface area contributed by atoms with Crippen LogP contribution < -0.4 is 32.0 Å². The van der Waals surface area contributed by atoms with Gasteiger partial charge in [0, 0.05) is 46.4 Å². The average Bonchev–Trinajstić information content (AvgIpc) is 3.24. The predicted octanol–water partition coefficient (Wildman–Crippen LogP) is 8.60. The summed E-state index contributed by atoms with van der Waals surface area (Å²) in [5.41, 5.74) is 20.6. The van der Waals surface area contributed by atoms with Gasteiger partial charge in [0.05, 0.1) is 13.2 Å². The van der Waals surface area contributed by atoms with Gasteiger partial charge in [0.2, 0.25) is 0 Å². The van der Waals surface area contributed by atoms with E-state index in [4.69, 9.17) is 26.7 Å². The smallest absolute Gasteiger partial charge is 0.131 e. The molecule has 0 aliphatic carbocycles. The molecule has 0 bridgehead atoms. The molecule has 2 aromatic heterocycles. The Morgan fingerprint density at radius 2 is 1.09 bits per heavy atom. The Morgan fingerprint density at radius 1 is 0.632 bits per heavy atom. The second kappa shape index (κ2) is 21.0. The van der Waals surface area contributed by atoms with Crippen LogP contribution in [-0.2, 0) is 13.1 Å². The third kappa shape index (κ3) is 12.8. The summed E-state index contributed by atoms with van der Waals surface area (Å²) in [6, 6.07) is 32.5. The molecule has 0 atom stereocenters. The lowest BCUT2D eigenvalue weighted by molar-refractivity contribution is 0.160. The zero-order valence-electron chi connectivity index (χ0n) is 33.2. The van der Waals surface area contributed by atoms with Crippen molar-refractivity contribution in [3.63, 3.8) is 0 Å². The molecule has 2 aliphatic heterocycles. The normalized spacial score (nSPS) is 15.3. The van der Waals surface area contributed by atoms with E-state index >= 15 is 0 Å². The highest BCUT2D eigenvalue weighted by Gasteiger charge is 2.18. The molecule has 6 aromatic rings. The van der Waals surface area contributed by atoms with Gasteiger partial charge in [0.1, 0.15) is 23.1 Å². The number of ether oxygens (including phenoxy) is 2. The van der Waals surface area contributed by atoms with E-state index in [2.05, 4.69) is 79.4 Å². The van der Waals surface area contributed by atoms with Crippen molar-refractivity contribution < 1.29 is 9.47 Å². The molecule has 0 saturated carbocycles. The average molecular weight is 834 g/mol. The van der Waals surface area contributed by atoms with Crippen LogP contribution in [0.2, 0.25) is 0 Å². The lowest BCUT2D eigenvalue weighted by Gasteiger charge is -2.28. The number of nitrogens with one attached hydrogen (secondary N) is 1. The summed E-state index contributed by atoms with van der Waals surface area (Å²) in [7, 11) is 4.37. The van der Waals surface area contributed by atoms with Crippen molar-refractivity contribution in [2.75, 3.05) is 70.3 Å². The molecule has 0 amide bonds. The van der Waals surface area contributed by atoms with E-state index in [1.54, 1.807) is 12.4 Å². The molecule has 0 unspecified atom stereocenters. The Bertz CT molecular complexity index is 2130. The fourth-order valence-corrected chi connectivity index (χ4v) is 7.29. The molecule has 2 fully saturated rings. The molecule has 0 spiro atoms. The summed E-state index contributed by atoms with van der Waals surface area (Å²) in [5.74, 6) is 4.46. The second-order valence-corrected chi connectivity index (χ2v) is 16.1. The van der Waals surface area contributed by atoms with Gasteiger partial charge in [-0.3, -0.25) is 0 Å². The van der Waals surface area contributed by atoms with Crippen molar-refractivity contribution >= 4 is 54.8 Å². The van der Waals surface area contributed by atoms with Crippen molar-refractivity contribution in [2.24, 2.45) is 17.6 Å². The van der Waals surface area contributed by atoms with Gasteiger partial charge in [-0.1, -0.05) is 40.2 Å². The summed E-state index contributed by atoms with van der Waals surface area (Å²) < 4.78 is 12.9. The van der Waals surface area contributed by atoms with Crippen LogP contribution in [0.1, 0.15) is 36.8 Å². The maximum Gasteiger partial charge on any atom is 0.131 e. The van der Waals surface area contributed by atoms with Crippen LogP contribution in [0.15, 0.2) is 114 Å². The summed E-state index contributed by atoms with van der Waals surface area (Å²) in [6.07, 6.45) is 8.42. The van der Waals surface area contributed by atoms with Crippen molar-refractivity contribution in [2.45, 2.75) is 38.8 Å². The minimum atomic E-state index is 0.554. The van der Waals surface area contributed by atoms with Gasteiger partial charge in [0.15, 0.2) is 0 Å². The van der Waals surface area contributed by atoms with Crippen molar-refractivity contribution in [1.29, 1.82) is 0 Å². The number of fused-ring (bicyclic) bond motifs is 2. The molecule has 2 saturated heterocycles. The number of hydrogen-bond acceptors (Lipinski definition) is 10. The number of nitrogens with zero attached hydrogens (tertiary/aromatic N) is 4. The number of benzene rings is 4. The van der Waals surface area contributed by atoms with Crippen LogP contribution in [0.3, 0.4) is 0 Å². The standard InChI is InChI=1S/C23H28N4O.C13H18BrNO.C10H11N3/c1-27-12-9-17(10-13-27)16-28-21-5-3-20(4-6-21)26-15-18-2-7-22-19(14-18)8-11-25-23(22)24;1-15-8-6-11(7-9-15)10-16-13-4-2-12(14)3-5-13;11-6-7-1-2-9-8(5-7)3-4-13-10(9)12/h2-8,11,14,17,26H,9-10,12-13,15-16H2,1H3,(H2,24,25);2-5,11H,6-10H2,1H3;1-5H,6,11H2,(H2,12,13). The molecule has 7 N–H and O–H groups in total. The van der Waals surface area contributed by atoms with E-state index in [-0.39, 0.29) is 0 Å². The third-order valence-corrected chi connectivity index (χ3v) is 11.3. The number of hydrogen-bond donors (Lipinski definition) is 4. The number of rotatable bonds is 10. The first-order valence-electron chi connectivity index (χ1n) is 19.9. The highest BCUT2D eigenvalue weighted by molar-refractivity contribution is 9.10. The summed E-state index contributed by atoms with van der Waals surface area (Å²) in [5, 5.41) is 7.66. The highest BCUT2D eigenvalue weighted by Crippen LogP contribution is 2.24. The van der Waals surface area contributed by atoms with E-state index in [0.717, 1.165) is 74.4 Å². The Kier molecular flexibility index (Phi) is 15.4. The van der Waals surface area contributed by atoms with Crippen LogP contribution in [0.5, 0.6) is 11.5 Å². The fourth-order valence-electron chi connectivity index (χ4n) is 7.03. The Hall–Kier alpha value is -4.94. The van der Waals surface area contributed by atoms with Crippen LogP contribution in [0, 0.1) is 11.8 Å². The van der Waals surface area contributed by atoms with Gasteiger partial charge < -0.3 is 41.8 Å². The van der Waals surface area contributed by atoms with Gasteiger partial charge in [-0.25, -0.2) is 9.97 Å². The second-order valence-electron chi connectivity index (χ2n) is 15.2. The summed E-state index contributed by atoms with van der Waals surface area (Å²) in [4.78, 5) is 12.9. The number of likely N-dealkylation sites (tertiary alicyclic amines) is 2. The number of anilines is 3. The van der Waals surface area contributed by atoms with Crippen molar-refractivity contribution in [3.8, 4) is 11.5 Å². The zero-order chi connectivity index (χ0) is 40.0. The van der Waals surface area contributed by atoms with E-state index < -0.39 is 0 Å². The first-order valence-corrected chi connectivity index (χ1v) is 20.7. The quantitative estimate of drug-likeness (QED) is 0.106. The number of piperidine rings is 2. The van der Waals surface area contributed by atoms with Gasteiger partial charge >= 0.3 is 0 Å².